The molecule has 2 aromatic rings. The molecule has 0 aliphatic carbocycles. The summed E-state index contributed by atoms with van der Waals surface area (Å²) in [4.78, 5) is 27.2. The Hall–Kier alpha value is -2.21. The fourth-order valence-electron chi connectivity index (χ4n) is 2.61. The molecule has 1 atom stereocenters. The van der Waals surface area contributed by atoms with Gasteiger partial charge in [-0.2, -0.15) is 0 Å². The maximum Gasteiger partial charge on any atom is 0.229 e. The smallest absolute Gasteiger partial charge is 0.229 e. The van der Waals surface area contributed by atoms with Gasteiger partial charge in [-0.3, -0.25) is 9.59 Å². The molecule has 0 bridgehead atoms. The molecule has 1 aromatic carbocycles. The number of benzene rings is 1. The lowest BCUT2D eigenvalue weighted by Gasteiger charge is -2.15. The number of likely N-dealkylation sites (tertiary alicyclic amines) is 1. The number of rotatable bonds is 5. The second-order valence-electron chi connectivity index (χ2n) is 5.47. The van der Waals surface area contributed by atoms with Crippen molar-refractivity contribution < 1.29 is 14.0 Å². The standard InChI is InChI=1S/C17H18N2O3S/c1-23-15-6-4-13(5-7-15)18-17(21)12-9-16(20)19(10-12)11-14-3-2-8-22-14/h2-8,12H,9-11H2,1H3,(H,18,21). The van der Waals surface area contributed by atoms with Crippen molar-refractivity contribution in [2.24, 2.45) is 5.92 Å². The van der Waals surface area contributed by atoms with Crippen LogP contribution in [-0.2, 0) is 16.1 Å². The van der Waals surface area contributed by atoms with Gasteiger partial charge in [0.15, 0.2) is 0 Å². The number of nitrogens with one attached hydrogen (secondary N) is 1. The number of carbonyl (C=O) groups is 2. The number of hydrogen-bond donors (Lipinski definition) is 1. The Morgan fingerprint density at radius 3 is 2.78 bits per heavy atom. The van der Waals surface area contributed by atoms with E-state index in [0.29, 0.717) is 13.1 Å². The largest absolute Gasteiger partial charge is 0.467 e. The van der Waals surface area contributed by atoms with Gasteiger partial charge in [-0.15, -0.1) is 11.8 Å². The van der Waals surface area contributed by atoms with Gasteiger partial charge in [0.25, 0.3) is 0 Å². The molecule has 3 rings (SSSR count). The molecule has 120 valence electrons. The number of anilines is 1. The molecule has 1 unspecified atom stereocenters. The fraction of sp³-hybridized carbons (Fsp3) is 0.294. The Morgan fingerprint density at radius 1 is 1.35 bits per heavy atom. The van der Waals surface area contributed by atoms with E-state index in [0.717, 1.165) is 16.3 Å². The molecule has 23 heavy (non-hydrogen) atoms. The van der Waals surface area contributed by atoms with E-state index >= 15 is 0 Å². The molecule has 1 aromatic heterocycles. The van der Waals surface area contributed by atoms with Crippen molar-refractivity contribution in [1.82, 2.24) is 4.90 Å². The molecule has 1 fully saturated rings. The molecule has 1 saturated heterocycles. The normalized spacial score (nSPS) is 17.5. The van der Waals surface area contributed by atoms with Crippen LogP contribution in [0.25, 0.3) is 0 Å². The fourth-order valence-corrected chi connectivity index (χ4v) is 3.02. The van der Waals surface area contributed by atoms with Crippen LogP contribution in [-0.4, -0.2) is 29.5 Å². The molecule has 2 heterocycles. The SMILES string of the molecule is CSc1ccc(NC(=O)C2CC(=O)N(Cc3ccco3)C2)cc1. The monoisotopic (exact) mass is 330 g/mol. The number of carbonyl (C=O) groups excluding carboxylic acids is 2. The van der Waals surface area contributed by atoms with Crippen LogP contribution < -0.4 is 5.32 Å². The first-order chi connectivity index (χ1) is 11.2. The van der Waals surface area contributed by atoms with Gasteiger partial charge in [0, 0.05) is 23.5 Å². The highest BCUT2D eigenvalue weighted by atomic mass is 32.2. The minimum atomic E-state index is -0.322. The summed E-state index contributed by atoms with van der Waals surface area (Å²) in [6.07, 6.45) is 3.83. The third-order valence-corrected chi connectivity index (χ3v) is 4.61. The van der Waals surface area contributed by atoms with E-state index in [-0.39, 0.29) is 24.2 Å². The van der Waals surface area contributed by atoms with Crippen LogP contribution in [0.15, 0.2) is 52.0 Å². The van der Waals surface area contributed by atoms with E-state index in [1.807, 2.05) is 36.6 Å². The summed E-state index contributed by atoms with van der Waals surface area (Å²) in [6, 6.07) is 11.3. The molecule has 1 aliphatic heterocycles. The molecule has 1 N–H and O–H groups in total. The molecule has 1 aliphatic rings. The van der Waals surface area contributed by atoms with Gasteiger partial charge in [0.05, 0.1) is 18.7 Å². The van der Waals surface area contributed by atoms with Crippen molar-refractivity contribution in [3.8, 4) is 0 Å². The lowest BCUT2D eigenvalue weighted by Crippen LogP contribution is -2.27. The minimum Gasteiger partial charge on any atom is -0.467 e. The van der Waals surface area contributed by atoms with Crippen molar-refractivity contribution in [2.45, 2.75) is 17.9 Å². The van der Waals surface area contributed by atoms with Gasteiger partial charge >= 0.3 is 0 Å². The summed E-state index contributed by atoms with van der Waals surface area (Å²) >= 11 is 1.65. The highest BCUT2D eigenvalue weighted by Gasteiger charge is 2.34. The second-order valence-corrected chi connectivity index (χ2v) is 6.35. The number of thioether (sulfide) groups is 1. The van der Waals surface area contributed by atoms with Crippen LogP contribution in [0.2, 0.25) is 0 Å². The quantitative estimate of drug-likeness (QED) is 0.856. The zero-order chi connectivity index (χ0) is 16.2. The van der Waals surface area contributed by atoms with Gasteiger partial charge in [0.2, 0.25) is 11.8 Å². The van der Waals surface area contributed by atoms with E-state index in [1.54, 1.807) is 29.0 Å². The highest BCUT2D eigenvalue weighted by molar-refractivity contribution is 7.98. The number of nitrogens with zero attached hydrogens (tertiary/aromatic N) is 1. The second kappa shape index (κ2) is 6.91. The lowest BCUT2D eigenvalue weighted by molar-refractivity contribution is -0.128. The summed E-state index contributed by atoms with van der Waals surface area (Å²) in [5.41, 5.74) is 0.754. The van der Waals surface area contributed by atoms with Gasteiger partial charge in [-0.1, -0.05) is 0 Å². The highest BCUT2D eigenvalue weighted by Crippen LogP contribution is 2.23. The molecular weight excluding hydrogens is 312 g/mol. The predicted octanol–water partition coefficient (Wildman–Crippen LogP) is 2.99. The van der Waals surface area contributed by atoms with Crippen molar-refractivity contribution in [2.75, 3.05) is 18.1 Å². The van der Waals surface area contributed by atoms with Crippen LogP contribution in [0, 0.1) is 5.92 Å². The summed E-state index contributed by atoms with van der Waals surface area (Å²) < 4.78 is 5.26. The maximum atomic E-state index is 12.3. The minimum absolute atomic E-state index is 0.0146. The molecule has 0 spiro atoms. The summed E-state index contributed by atoms with van der Waals surface area (Å²) in [7, 11) is 0. The Kier molecular flexibility index (Phi) is 4.71. The maximum absolute atomic E-state index is 12.3. The van der Waals surface area contributed by atoms with Crippen LogP contribution in [0.4, 0.5) is 5.69 Å². The van der Waals surface area contributed by atoms with Crippen LogP contribution in [0.3, 0.4) is 0 Å². The third kappa shape index (κ3) is 3.76. The van der Waals surface area contributed by atoms with Crippen LogP contribution in [0.1, 0.15) is 12.2 Å². The van der Waals surface area contributed by atoms with Gasteiger partial charge in [-0.25, -0.2) is 0 Å². The molecular formula is C17H18N2O3S. The first kappa shape index (κ1) is 15.7. The van der Waals surface area contributed by atoms with E-state index in [4.69, 9.17) is 4.42 Å². The molecule has 5 nitrogen and oxygen atoms in total. The third-order valence-electron chi connectivity index (χ3n) is 3.87. The van der Waals surface area contributed by atoms with Crippen molar-refractivity contribution >= 4 is 29.3 Å². The molecule has 0 saturated carbocycles. The van der Waals surface area contributed by atoms with Gasteiger partial charge in [-0.05, 0) is 42.7 Å². The number of furan rings is 1. The van der Waals surface area contributed by atoms with E-state index in [2.05, 4.69) is 5.32 Å². The zero-order valence-corrected chi connectivity index (χ0v) is 13.6. The average Bonchev–Trinajstić information content (AvgIpc) is 3.19. The van der Waals surface area contributed by atoms with Crippen LogP contribution >= 0.6 is 11.8 Å². The first-order valence-corrected chi connectivity index (χ1v) is 8.63. The van der Waals surface area contributed by atoms with Crippen molar-refractivity contribution in [3.63, 3.8) is 0 Å². The Morgan fingerprint density at radius 2 is 2.13 bits per heavy atom. The summed E-state index contributed by atoms with van der Waals surface area (Å²) in [5, 5.41) is 2.88. The molecule has 2 amide bonds. The molecule has 6 heteroatoms. The number of amides is 2. The predicted molar refractivity (Wildman–Crippen MR) is 89.1 cm³/mol. The van der Waals surface area contributed by atoms with E-state index < -0.39 is 0 Å². The Labute approximate surface area is 139 Å². The lowest BCUT2D eigenvalue weighted by atomic mass is 10.1. The number of hydrogen-bond acceptors (Lipinski definition) is 4. The Balaban J connectivity index is 1.58. The average molecular weight is 330 g/mol. The molecule has 0 radical (unpaired) electrons. The topological polar surface area (TPSA) is 62.6 Å². The van der Waals surface area contributed by atoms with Crippen molar-refractivity contribution in [3.05, 3.63) is 48.4 Å². The van der Waals surface area contributed by atoms with E-state index in [1.165, 1.54) is 0 Å². The summed E-state index contributed by atoms with van der Waals surface area (Å²) in [6.45, 7) is 0.840. The van der Waals surface area contributed by atoms with Gasteiger partial charge < -0.3 is 14.6 Å². The van der Waals surface area contributed by atoms with Gasteiger partial charge in [0.1, 0.15) is 5.76 Å². The van der Waals surface area contributed by atoms with Crippen molar-refractivity contribution in [1.29, 1.82) is 0 Å². The Bertz CT molecular complexity index is 682. The first-order valence-electron chi connectivity index (χ1n) is 7.41. The zero-order valence-electron chi connectivity index (χ0n) is 12.8. The van der Waals surface area contributed by atoms with Crippen LogP contribution in [0.5, 0.6) is 0 Å². The van der Waals surface area contributed by atoms with E-state index in [9.17, 15) is 9.59 Å². The summed E-state index contributed by atoms with van der Waals surface area (Å²) in [5.74, 6) is 0.279.